The average molecular weight is 370 g/mol. The van der Waals surface area contributed by atoms with Gasteiger partial charge in [-0.2, -0.15) is 13.2 Å². The first-order valence-electron chi connectivity index (χ1n) is 7.06. The molecule has 2 aromatic carbocycles. The second-order valence-electron chi connectivity index (χ2n) is 5.01. The van der Waals surface area contributed by atoms with Gasteiger partial charge in [0.2, 0.25) is 0 Å². The molecule has 138 valence electrons. The number of methoxy groups -OCH3 is 2. The average Bonchev–Trinajstić information content (AvgIpc) is 2.60. The fourth-order valence-electron chi connectivity index (χ4n) is 2.15. The van der Waals surface area contributed by atoms with Crippen molar-refractivity contribution in [1.29, 1.82) is 0 Å². The number of nitrogens with one attached hydrogen (secondary N) is 1. The predicted octanol–water partition coefficient (Wildman–Crippen LogP) is 3.88. The summed E-state index contributed by atoms with van der Waals surface area (Å²) < 4.78 is 48.3. The first-order valence-corrected chi connectivity index (χ1v) is 7.06. The molecule has 1 N–H and O–H groups in total. The number of rotatable bonds is 5. The minimum Gasteiger partial charge on any atom is -0.495 e. The standard InChI is InChI=1S/C16H13F3N2O5/c1-25-13-6-4-10(16(17,18)19)8-11(13)20-15(22)9-3-5-14(26-2)12(7-9)21(23)24/h3-8H,1-2H3,(H,20,22). The zero-order chi connectivity index (χ0) is 19.5. The Hall–Kier alpha value is -3.30. The minimum absolute atomic E-state index is 0.00867. The van der Waals surface area contributed by atoms with Gasteiger partial charge >= 0.3 is 11.9 Å². The Kier molecular flexibility index (Phi) is 5.34. The molecule has 0 aliphatic heterocycles. The third-order valence-corrected chi connectivity index (χ3v) is 3.41. The smallest absolute Gasteiger partial charge is 0.416 e. The van der Waals surface area contributed by atoms with Crippen molar-refractivity contribution in [2.45, 2.75) is 6.18 Å². The van der Waals surface area contributed by atoms with Gasteiger partial charge in [-0.1, -0.05) is 0 Å². The van der Waals surface area contributed by atoms with Crippen molar-refractivity contribution in [2.24, 2.45) is 0 Å². The highest BCUT2D eigenvalue weighted by atomic mass is 19.4. The van der Waals surface area contributed by atoms with Crippen molar-refractivity contribution >= 4 is 17.3 Å². The van der Waals surface area contributed by atoms with Gasteiger partial charge in [0.05, 0.1) is 30.4 Å². The molecule has 0 spiro atoms. The molecule has 0 saturated heterocycles. The maximum absolute atomic E-state index is 12.8. The normalized spacial score (nSPS) is 11.0. The summed E-state index contributed by atoms with van der Waals surface area (Å²) in [4.78, 5) is 22.6. The van der Waals surface area contributed by atoms with E-state index in [0.717, 1.165) is 18.2 Å². The van der Waals surface area contributed by atoms with Crippen molar-refractivity contribution in [3.63, 3.8) is 0 Å². The maximum atomic E-state index is 12.8. The van der Waals surface area contributed by atoms with E-state index in [-0.39, 0.29) is 22.7 Å². The van der Waals surface area contributed by atoms with Crippen molar-refractivity contribution in [3.05, 3.63) is 57.6 Å². The van der Waals surface area contributed by atoms with Gasteiger partial charge in [-0.25, -0.2) is 0 Å². The number of benzene rings is 2. The monoisotopic (exact) mass is 370 g/mol. The van der Waals surface area contributed by atoms with Crippen LogP contribution in [0.3, 0.4) is 0 Å². The summed E-state index contributed by atoms with van der Waals surface area (Å²) in [6, 6.07) is 6.03. The summed E-state index contributed by atoms with van der Waals surface area (Å²) >= 11 is 0. The lowest BCUT2D eigenvalue weighted by Crippen LogP contribution is -2.14. The lowest BCUT2D eigenvalue weighted by atomic mass is 10.1. The molecule has 0 aliphatic rings. The molecule has 0 fully saturated rings. The second kappa shape index (κ2) is 7.30. The number of hydrogen-bond acceptors (Lipinski definition) is 5. The lowest BCUT2D eigenvalue weighted by Gasteiger charge is -2.14. The van der Waals surface area contributed by atoms with Crippen LogP contribution in [0, 0.1) is 10.1 Å². The van der Waals surface area contributed by atoms with E-state index < -0.39 is 28.3 Å². The zero-order valence-corrected chi connectivity index (χ0v) is 13.6. The third kappa shape index (κ3) is 4.02. The first-order chi connectivity index (χ1) is 12.2. The number of nitro groups is 1. The van der Waals surface area contributed by atoms with Gasteiger partial charge in [-0.3, -0.25) is 14.9 Å². The lowest BCUT2D eigenvalue weighted by molar-refractivity contribution is -0.385. The Morgan fingerprint density at radius 3 is 2.23 bits per heavy atom. The summed E-state index contributed by atoms with van der Waals surface area (Å²) in [6.07, 6.45) is -4.61. The number of ether oxygens (including phenoxy) is 2. The summed E-state index contributed by atoms with van der Waals surface area (Å²) in [7, 11) is 2.46. The molecule has 0 aromatic heterocycles. The van der Waals surface area contributed by atoms with Crippen LogP contribution < -0.4 is 14.8 Å². The highest BCUT2D eigenvalue weighted by molar-refractivity contribution is 6.05. The summed E-state index contributed by atoms with van der Waals surface area (Å²) in [5.41, 5.74) is -1.77. The molecule has 0 atom stereocenters. The van der Waals surface area contributed by atoms with E-state index in [1.54, 1.807) is 0 Å². The molecule has 2 aromatic rings. The van der Waals surface area contributed by atoms with E-state index in [1.165, 1.54) is 26.4 Å². The fraction of sp³-hybridized carbons (Fsp3) is 0.188. The SMILES string of the molecule is COc1ccc(C(F)(F)F)cc1NC(=O)c1ccc(OC)c([N+](=O)[O-])c1. The van der Waals surface area contributed by atoms with Crippen molar-refractivity contribution in [3.8, 4) is 11.5 Å². The third-order valence-electron chi connectivity index (χ3n) is 3.41. The van der Waals surface area contributed by atoms with Gasteiger partial charge in [0.1, 0.15) is 5.75 Å². The van der Waals surface area contributed by atoms with Crippen LogP contribution in [0.5, 0.6) is 11.5 Å². The molecule has 0 saturated carbocycles. The van der Waals surface area contributed by atoms with E-state index in [9.17, 15) is 28.1 Å². The summed E-state index contributed by atoms with van der Waals surface area (Å²) in [6.45, 7) is 0. The Morgan fingerprint density at radius 1 is 1.08 bits per heavy atom. The maximum Gasteiger partial charge on any atom is 0.416 e. The van der Waals surface area contributed by atoms with E-state index in [2.05, 4.69) is 5.32 Å². The van der Waals surface area contributed by atoms with Crippen molar-refractivity contribution in [2.75, 3.05) is 19.5 Å². The number of carbonyl (C=O) groups excluding carboxylic acids is 1. The van der Waals surface area contributed by atoms with Crippen molar-refractivity contribution in [1.82, 2.24) is 0 Å². The number of hydrogen-bond donors (Lipinski definition) is 1. The van der Waals surface area contributed by atoms with E-state index in [1.807, 2.05) is 0 Å². The van der Waals surface area contributed by atoms with Crippen LogP contribution >= 0.6 is 0 Å². The second-order valence-corrected chi connectivity index (χ2v) is 5.01. The number of amides is 1. The zero-order valence-electron chi connectivity index (χ0n) is 13.6. The number of halogens is 3. The molecule has 0 aliphatic carbocycles. The van der Waals surface area contributed by atoms with E-state index >= 15 is 0 Å². The molecule has 0 unspecified atom stereocenters. The van der Waals surface area contributed by atoms with Gasteiger partial charge in [-0.05, 0) is 30.3 Å². The van der Waals surface area contributed by atoms with Crippen LogP contribution in [0.15, 0.2) is 36.4 Å². The molecule has 0 heterocycles. The van der Waals surface area contributed by atoms with Gasteiger partial charge in [-0.15, -0.1) is 0 Å². The quantitative estimate of drug-likeness (QED) is 0.637. The number of anilines is 1. The number of nitro benzene ring substituents is 1. The van der Waals surface area contributed by atoms with Crippen LogP contribution in [0.1, 0.15) is 15.9 Å². The van der Waals surface area contributed by atoms with Crippen LogP contribution in [0.4, 0.5) is 24.5 Å². The van der Waals surface area contributed by atoms with Crippen LogP contribution in [0.2, 0.25) is 0 Å². The predicted molar refractivity (Wildman–Crippen MR) is 85.6 cm³/mol. The first kappa shape index (κ1) is 19.0. The molecular formula is C16H13F3N2O5. The molecule has 2 rings (SSSR count). The highest BCUT2D eigenvalue weighted by Crippen LogP contribution is 2.35. The van der Waals surface area contributed by atoms with Gasteiger partial charge < -0.3 is 14.8 Å². The van der Waals surface area contributed by atoms with E-state index in [0.29, 0.717) is 6.07 Å². The van der Waals surface area contributed by atoms with Crippen LogP contribution in [0.25, 0.3) is 0 Å². The molecule has 7 nitrogen and oxygen atoms in total. The summed E-state index contributed by atoms with van der Waals surface area (Å²) in [5.74, 6) is -0.883. The summed E-state index contributed by atoms with van der Waals surface area (Å²) in [5, 5.41) is 13.3. The minimum atomic E-state index is -4.61. The Balaban J connectivity index is 2.38. The van der Waals surface area contributed by atoms with Crippen molar-refractivity contribution < 1.29 is 32.4 Å². The van der Waals surface area contributed by atoms with Gasteiger partial charge in [0.15, 0.2) is 5.75 Å². The Bertz CT molecular complexity index is 852. The fourth-order valence-corrected chi connectivity index (χ4v) is 2.15. The van der Waals surface area contributed by atoms with Gasteiger partial charge in [0.25, 0.3) is 5.91 Å². The molecular weight excluding hydrogens is 357 g/mol. The topological polar surface area (TPSA) is 90.7 Å². The number of nitrogens with zero attached hydrogens (tertiary/aromatic N) is 1. The van der Waals surface area contributed by atoms with Gasteiger partial charge in [0, 0.05) is 11.6 Å². The molecule has 10 heteroatoms. The molecule has 26 heavy (non-hydrogen) atoms. The van der Waals surface area contributed by atoms with Crippen LogP contribution in [-0.2, 0) is 6.18 Å². The molecule has 1 amide bonds. The number of carbonyl (C=O) groups is 1. The van der Waals surface area contributed by atoms with E-state index in [4.69, 9.17) is 9.47 Å². The molecule has 0 radical (unpaired) electrons. The number of alkyl halides is 3. The highest BCUT2D eigenvalue weighted by Gasteiger charge is 2.31. The Morgan fingerprint density at radius 2 is 1.69 bits per heavy atom. The Labute approximate surface area is 145 Å². The molecule has 0 bridgehead atoms. The van der Waals surface area contributed by atoms with Crippen LogP contribution in [-0.4, -0.2) is 25.1 Å². The largest absolute Gasteiger partial charge is 0.495 e.